The number of benzene rings is 1. The lowest BCUT2D eigenvalue weighted by Gasteiger charge is -2.30. The summed E-state index contributed by atoms with van der Waals surface area (Å²) in [5.41, 5.74) is 16.0. The van der Waals surface area contributed by atoms with Gasteiger partial charge in [0.05, 0.1) is 17.6 Å². The predicted molar refractivity (Wildman–Crippen MR) is 164 cm³/mol. The zero-order valence-corrected chi connectivity index (χ0v) is 25.0. The van der Waals surface area contributed by atoms with Gasteiger partial charge in [0.2, 0.25) is 11.8 Å². The van der Waals surface area contributed by atoms with Crippen LogP contribution in [0.4, 0.5) is 11.8 Å². The molecule has 1 atom stereocenters. The highest BCUT2D eigenvalue weighted by atomic mass is 32.2. The number of fused-ring (bicyclic) bond motifs is 1. The number of hydrogen-bond acceptors (Lipinski definition) is 10. The van der Waals surface area contributed by atoms with Gasteiger partial charge in [-0.1, -0.05) is 50.2 Å². The van der Waals surface area contributed by atoms with E-state index in [-0.39, 0.29) is 40.9 Å². The summed E-state index contributed by atoms with van der Waals surface area (Å²) in [5, 5.41) is 10.7. The molecular formula is C29H34N10O3S. The SMILES string of the molecule is CCCN(C(=O)c1nc(N)n[nH]1)[C@H](CC)CCc1nc2c(-c3ccc(-c4ccccc4)nc3)cnn2c(N)c1S(C)(=O)=O. The zero-order chi connectivity index (χ0) is 30.7. The second kappa shape index (κ2) is 12.2. The number of hydrogen-bond donors (Lipinski definition) is 3. The van der Waals surface area contributed by atoms with Crippen molar-refractivity contribution in [3.63, 3.8) is 0 Å². The van der Waals surface area contributed by atoms with Crippen LogP contribution in [0.3, 0.4) is 0 Å². The third-order valence-corrected chi connectivity index (χ3v) is 8.47. The first kappa shape index (κ1) is 29.6. The topological polar surface area (TPSA) is 191 Å². The average Bonchev–Trinajstić information content (AvgIpc) is 3.63. The maximum atomic E-state index is 13.3. The van der Waals surface area contributed by atoms with E-state index in [9.17, 15) is 13.2 Å². The van der Waals surface area contributed by atoms with Crippen molar-refractivity contribution in [2.45, 2.75) is 50.5 Å². The Morgan fingerprint density at radius 1 is 1.05 bits per heavy atom. The van der Waals surface area contributed by atoms with Gasteiger partial charge in [0.25, 0.3) is 5.91 Å². The van der Waals surface area contributed by atoms with Crippen LogP contribution in [0.1, 0.15) is 49.4 Å². The van der Waals surface area contributed by atoms with Gasteiger partial charge < -0.3 is 16.4 Å². The van der Waals surface area contributed by atoms with E-state index in [1.807, 2.05) is 56.3 Å². The van der Waals surface area contributed by atoms with E-state index in [0.717, 1.165) is 23.1 Å². The molecule has 1 aromatic carbocycles. The summed E-state index contributed by atoms with van der Waals surface area (Å²) in [5.74, 6) is -0.302. The maximum absolute atomic E-state index is 13.3. The normalized spacial score (nSPS) is 12.4. The van der Waals surface area contributed by atoms with Gasteiger partial charge in [0.15, 0.2) is 15.5 Å². The van der Waals surface area contributed by atoms with Crippen LogP contribution in [-0.4, -0.2) is 72.8 Å². The van der Waals surface area contributed by atoms with Crippen LogP contribution < -0.4 is 11.5 Å². The summed E-state index contributed by atoms with van der Waals surface area (Å²) < 4.78 is 27.2. The molecule has 0 aliphatic rings. The number of H-pyrrole nitrogens is 1. The molecule has 0 saturated heterocycles. The molecule has 5 N–H and O–H groups in total. The largest absolute Gasteiger partial charge is 0.382 e. The Hall–Kier alpha value is -4.85. The van der Waals surface area contributed by atoms with Gasteiger partial charge in [-0.25, -0.2) is 13.4 Å². The first-order valence-electron chi connectivity index (χ1n) is 14.0. The van der Waals surface area contributed by atoms with Crippen LogP contribution in [0.15, 0.2) is 59.8 Å². The number of amides is 1. The molecule has 0 spiro atoms. The molecule has 43 heavy (non-hydrogen) atoms. The Morgan fingerprint density at radius 3 is 2.42 bits per heavy atom. The Morgan fingerprint density at radius 2 is 1.81 bits per heavy atom. The molecule has 1 amide bonds. The van der Waals surface area contributed by atoms with Gasteiger partial charge in [0, 0.05) is 41.7 Å². The van der Waals surface area contributed by atoms with Crippen LogP contribution in [-0.2, 0) is 16.3 Å². The number of pyridine rings is 1. The van der Waals surface area contributed by atoms with Crippen molar-refractivity contribution in [3.05, 3.63) is 66.4 Å². The Bertz CT molecular complexity index is 1850. The lowest BCUT2D eigenvalue weighted by atomic mass is 10.0. The molecule has 0 radical (unpaired) electrons. The minimum atomic E-state index is -3.77. The minimum absolute atomic E-state index is 0.0138. The number of rotatable bonds is 11. The molecular weight excluding hydrogens is 568 g/mol. The fourth-order valence-corrected chi connectivity index (χ4v) is 6.28. The lowest BCUT2D eigenvalue weighted by Crippen LogP contribution is -2.41. The van der Waals surface area contributed by atoms with E-state index in [1.54, 1.807) is 17.3 Å². The zero-order valence-electron chi connectivity index (χ0n) is 24.2. The van der Waals surface area contributed by atoms with E-state index in [0.29, 0.717) is 42.7 Å². The van der Waals surface area contributed by atoms with Crippen molar-refractivity contribution in [2.75, 3.05) is 24.3 Å². The molecule has 4 aromatic heterocycles. The van der Waals surface area contributed by atoms with Gasteiger partial charge >= 0.3 is 0 Å². The molecule has 0 fully saturated rings. The fourth-order valence-electron chi connectivity index (χ4n) is 5.24. The highest BCUT2D eigenvalue weighted by molar-refractivity contribution is 7.91. The number of sulfone groups is 1. The number of aryl methyl sites for hydroxylation is 1. The molecule has 5 rings (SSSR count). The van der Waals surface area contributed by atoms with E-state index in [1.165, 1.54) is 4.52 Å². The summed E-state index contributed by atoms with van der Waals surface area (Å²) >= 11 is 0. The first-order chi connectivity index (χ1) is 20.6. The minimum Gasteiger partial charge on any atom is -0.382 e. The van der Waals surface area contributed by atoms with Crippen LogP contribution in [0, 0.1) is 0 Å². The van der Waals surface area contributed by atoms with Crippen molar-refractivity contribution in [1.29, 1.82) is 0 Å². The number of carbonyl (C=O) groups excluding carboxylic acids is 1. The van der Waals surface area contributed by atoms with Crippen molar-refractivity contribution in [2.24, 2.45) is 0 Å². The molecule has 0 aliphatic carbocycles. The van der Waals surface area contributed by atoms with E-state index >= 15 is 0 Å². The van der Waals surface area contributed by atoms with Gasteiger partial charge in [-0.3, -0.25) is 14.9 Å². The number of nitrogens with one attached hydrogen (secondary N) is 1. The maximum Gasteiger partial charge on any atom is 0.291 e. The number of nitrogens with zero attached hydrogens (tertiary/aromatic N) is 7. The molecule has 0 bridgehead atoms. The second-order valence-corrected chi connectivity index (χ2v) is 12.2. The Balaban J connectivity index is 1.50. The van der Waals surface area contributed by atoms with Crippen LogP contribution in [0.25, 0.3) is 28.0 Å². The summed E-state index contributed by atoms with van der Waals surface area (Å²) in [7, 11) is -3.77. The third kappa shape index (κ3) is 6.04. The molecule has 5 aromatic rings. The van der Waals surface area contributed by atoms with Crippen molar-refractivity contribution >= 4 is 33.2 Å². The van der Waals surface area contributed by atoms with E-state index < -0.39 is 9.84 Å². The van der Waals surface area contributed by atoms with Gasteiger partial charge in [-0.2, -0.15) is 14.6 Å². The van der Waals surface area contributed by atoms with E-state index in [2.05, 4.69) is 25.3 Å². The van der Waals surface area contributed by atoms with Gasteiger partial charge in [-0.05, 0) is 31.7 Å². The highest BCUT2D eigenvalue weighted by Gasteiger charge is 2.28. The molecule has 13 nitrogen and oxygen atoms in total. The quantitative estimate of drug-likeness (QED) is 0.202. The number of nitrogens with two attached hydrogens (primary N) is 2. The summed E-state index contributed by atoms with van der Waals surface area (Å²) in [6.07, 6.45) is 6.47. The van der Waals surface area contributed by atoms with Crippen LogP contribution in [0.5, 0.6) is 0 Å². The second-order valence-electron chi connectivity index (χ2n) is 10.3. The van der Waals surface area contributed by atoms with Crippen LogP contribution >= 0.6 is 0 Å². The fraction of sp³-hybridized carbons (Fsp3) is 0.310. The predicted octanol–water partition coefficient (Wildman–Crippen LogP) is 3.41. The highest BCUT2D eigenvalue weighted by Crippen LogP contribution is 2.31. The summed E-state index contributed by atoms with van der Waals surface area (Å²) in [6, 6.07) is 13.4. The lowest BCUT2D eigenvalue weighted by molar-refractivity contribution is 0.0650. The van der Waals surface area contributed by atoms with E-state index in [4.69, 9.17) is 16.5 Å². The monoisotopic (exact) mass is 602 g/mol. The van der Waals surface area contributed by atoms with Crippen LogP contribution in [0.2, 0.25) is 0 Å². The molecule has 0 saturated carbocycles. The van der Waals surface area contributed by atoms with Gasteiger partial charge in [0.1, 0.15) is 10.7 Å². The standard InChI is InChI=1S/C29H34N10O3S/c1-4-15-38(28(40)26-35-29(31)37-36-26)20(5-2)12-14-23-24(43(3,41)42)25(30)39-27(34-23)21(17-33-39)19-11-13-22(32-16-19)18-9-7-6-8-10-18/h6-11,13,16-17,20H,4-5,12,14-15,30H2,1-3H3,(H3,31,35,36,37)/t20-/m1/s1. The molecule has 4 heterocycles. The molecule has 0 aliphatic heterocycles. The summed E-state index contributed by atoms with van der Waals surface area (Å²) in [6.45, 7) is 4.42. The number of aromatic amines is 1. The molecule has 14 heteroatoms. The first-order valence-corrected chi connectivity index (χ1v) is 15.9. The van der Waals surface area contributed by atoms with Crippen molar-refractivity contribution in [1.82, 2.24) is 39.7 Å². The number of anilines is 2. The number of aromatic nitrogens is 7. The van der Waals surface area contributed by atoms with Gasteiger partial charge in [-0.15, -0.1) is 5.10 Å². The average molecular weight is 603 g/mol. The summed E-state index contributed by atoms with van der Waals surface area (Å²) in [4.78, 5) is 28.3. The number of carbonyl (C=O) groups is 1. The van der Waals surface area contributed by atoms with Crippen molar-refractivity contribution < 1.29 is 13.2 Å². The smallest absolute Gasteiger partial charge is 0.291 e. The van der Waals surface area contributed by atoms with Crippen molar-refractivity contribution in [3.8, 4) is 22.4 Å². The molecule has 0 unspecified atom stereocenters. The molecule has 224 valence electrons. The Labute approximate surface area is 249 Å². The number of nitrogen functional groups attached to an aromatic ring is 2. The Kier molecular flexibility index (Phi) is 8.39. The third-order valence-electron chi connectivity index (χ3n) is 7.28.